The molecule has 0 spiro atoms. The number of nitrogens with zero attached hydrogens (tertiary/aromatic N) is 3. The van der Waals surface area contributed by atoms with Crippen LogP contribution >= 0.6 is 0 Å². The van der Waals surface area contributed by atoms with Gasteiger partial charge in [-0.2, -0.15) is 0 Å². The van der Waals surface area contributed by atoms with Crippen LogP contribution in [0, 0.1) is 0 Å². The van der Waals surface area contributed by atoms with E-state index in [2.05, 4.69) is 27.1 Å². The zero-order chi connectivity index (χ0) is 13.8. The lowest BCUT2D eigenvalue weighted by molar-refractivity contribution is 0.0525. The van der Waals surface area contributed by atoms with E-state index in [1.165, 1.54) is 12.8 Å². The van der Waals surface area contributed by atoms with Crippen LogP contribution in [0.2, 0.25) is 0 Å². The minimum atomic E-state index is 0.340. The molecule has 1 atom stereocenters. The fourth-order valence-electron chi connectivity index (χ4n) is 2.66. The highest BCUT2D eigenvalue weighted by atomic mass is 16.5. The first-order valence-corrected chi connectivity index (χ1v) is 7.76. The lowest BCUT2D eigenvalue weighted by Crippen LogP contribution is -2.40. The molecule has 0 radical (unpaired) electrons. The predicted molar refractivity (Wildman–Crippen MR) is 78.8 cm³/mol. The Morgan fingerprint density at radius 1 is 1.30 bits per heavy atom. The molecule has 1 N–H and O–H groups in total. The Labute approximate surface area is 120 Å². The maximum absolute atomic E-state index is 5.73. The van der Waals surface area contributed by atoms with E-state index in [-0.39, 0.29) is 0 Å². The quantitative estimate of drug-likeness (QED) is 0.857. The van der Waals surface area contributed by atoms with Gasteiger partial charge >= 0.3 is 0 Å². The molecule has 1 aliphatic heterocycles. The second-order valence-electron chi connectivity index (χ2n) is 5.69. The van der Waals surface area contributed by atoms with Crippen LogP contribution in [0.5, 0.6) is 0 Å². The molecule has 1 aromatic rings. The van der Waals surface area contributed by atoms with Crippen LogP contribution in [0.3, 0.4) is 0 Å². The maximum Gasteiger partial charge on any atom is 0.147 e. The first-order valence-electron chi connectivity index (χ1n) is 7.76. The van der Waals surface area contributed by atoms with E-state index < -0.39 is 0 Å². The minimum Gasteiger partial charge on any atom is -0.377 e. The number of ether oxygens (including phenoxy) is 1. The summed E-state index contributed by atoms with van der Waals surface area (Å²) < 4.78 is 5.73. The Kier molecular flexibility index (Phi) is 4.47. The molecule has 5 nitrogen and oxygen atoms in total. The molecule has 2 heterocycles. The van der Waals surface area contributed by atoms with Gasteiger partial charge in [-0.3, -0.25) is 4.98 Å². The van der Waals surface area contributed by atoms with E-state index in [4.69, 9.17) is 4.74 Å². The van der Waals surface area contributed by atoms with Gasteiger partial charge in [0, 0.05) is 32.3 Å². The second-order valence-corrected chi connectivity index (χ2v) is 5.69. The Balaban J connectivity index is 1.55. The van der Waals surface area contributed by atoms with Crippen LogP contribution in [0.4, 0.5) is 5.82 Å². The third-order valence-corrected chi connectivity index (χ3v) is 3.95. The molecule has 1 aliphatic carbocycles. The third-order valence-electron chi connectivity index (χ3n) is 3.95. The van der Waals surface area contributed by atoms with Crippen LogP contribution in [0.25, 0.3) is 0 Å². The number of rotatable bonds is 6. The second kappa shape index (κ2) is 6.50. The normalized spacial score (nSPS) is 23.1. The van der Waals surface area contributed by atoms with Crippen molar-refractivity contribution in [2.75, 3.05) is 24.6 Å². The number of piperidine rings is 1. The molecular formula is C15H24N4O. The smallest absolute Gasteiger partial charge is 0.147 e. The van der Waals surface area contributed by atoms with Crippen LogP contribution < -0.4 is 10.2 Å². The van der Waals surface area contributed by atoms with Crippen LogP contribution in [-0.2, 0) is 11.3 Å². The van der Waals surface area contributed by atoms with Gasteiger partial charge in [-0.1, -0.05) is 0 Å². The first kappa shape index (κ1) is 13.8. The van der Waals surface area contributed by atoms with Gasteiger partial charge in [-0.25, -0.2) is 4.98 Å². The molecule has 1 saturated carbocycles. The molecule has 3 rings (SSSR count). The third kappa shape index (κ3) is 3.67. The monoisotopic (exact) mass is 276 g/mol. The molecule has 5 heteroatoms. The minimum absolute atomic E-state index is 0.340. The maximum atomic E-state index is 5.73. The molecule has 110 valence electrons. The van der Waals surface area contributed by atoms with E-state index in [9.17, 15) is 0 Å². The van der Waals surface area contributed by atoms with Crippen LogP contribution in [0.1, 0.15) is 38.3 Å². The summed E-state index contributed by atoms with van der Waals surface area (Å²) in [6.07, 6.45) is 9.06. The number of aromatic nitrogens is 2. The SMILES string of the molecule is CCOC1CCCN(c2cnc(CNC3CC3)cn2)C1. The summed E-state index contributed by atoms with van der Waals surface area (Å²) in [5.74, 6) is 0.976. The molecule has 0 bridgehead atoms. The Morgan fingerprint density at radius 3 is 2.90 bits per heavy atom. The molecule has 20 heavy (non-hydrogen) atoms. The van der Waals surface area contributed by atoms with Crippen molar-refractivity contribution in [1.29, 1.82) is 0 Å². The zero-order valence-electron chi connectivity index (χ0n) is 12.2. The Bertz CT molecular complexity index is 416. The van der Waals surface area contributed by atoms with E-state index in [0.29, 0.717) is 12.1 Å². The van der Waals surface area contributed by atoms with Crippen molar-refractivity contribution in [3.63, 3.8) is 0 Å². The first-order chi connectivity index (χ1) is 9.85. The summed E-state index contributed by atoms with van der Waals surface area (Å²) in [4.78, 5) is 11.4. The molecule has 1 aromatic heterocycles. The lowest BCUT2D eigenvalue weighted by Gasteiger charge is -2.33. The Morgan fingerprint density at radius 2 is 2.20 bits per heavy atom. The van der Waals surface area contributed by atoms with Gasteiger partial charge in [0.2, 0.25) is 0 Å². The standard InChI is InChI=1S/C15H24N4O/c1-2-20-14-4-3-7-19(11-14)15-10-17-13(9-18-15)8-16-12-5-6-12/h9-10,12,14,16H,2-8,11H2,1H3. The summed E-state index contributed by atoms with van der Waals surface area (Å²) in [5, 5.41) is 3.46. The van der Waals surface area contributed by atoms with E-state index >= 15 is 0 Å². The van der Waals surface area contributed by atoms with Crippen molar-refractivity contribution in [3.8, 4) is 0 Å². The van der Waals surface area contributed by atoms with Gasteiger partial charge in [0.25, 0.3) is 0 Å². The summed E-state index contributed by atoms with van der Waals surface area (Å²) in [6, 6.07) is 0.713. The Hall–Kier alpha value is -1.20. The van der Waals surface area contributed by atoms with Gasteiger partial charge in [0.15, 0.2) is 0 Å². The molecule has 0 amide bonds. The summed E-state index contributed by atoms with van der Waals surface area (Å²) >= 11 is 0. The van der Waals surface area contributed by atoms with Crippen molar-refractivity contribution in [1.82, 2.24) is 15.3 Å². The van der Waals surface area contributed by atoms with Crippen molar-refractivity contribution < 1.29 is 4.74 Å². The predicted octanol–water partition coefficient (Wildman–Crippen LogP) is 1.73. The van der Waals surface area contributed by atoms with Crippen molar-refractivity contribution in [2.24, 2.45) is 0 Å². The van der Waals surface area contributed by atoms with Gasteiger partial charge in [-0.15, -0.1) is 0 Å². The van der Waals surface area contributed by atoms with Crippen molar-refractivity contribution in [3.05, 3.63) is 18.1 Å². The molecule has 2 aliphatic rings. The highest BCUT2D eigenvalue weighted by Crippen LogP contribution is 2.20. The average Bonchev–Trinajstić information content (AvgIpc) is 3.31. The number of hydrogen-bond acceptors (Lipinski definition) is 5. The summed E-state index contributed by atoms with van der Waals surface area (Å²) in [6.45, 7) is 5.66. The molecule has 0 aromatic carbocycles. The van der Waals surface area contributed by atoms with E-state index in [1.807, 2.05) is 12.4 Å². The molecule has 2 fully saturated rings. The van der Waals surface area contributed by atoms with Gasteiger partial charge in [0.05, 0.1) is 24.2 Å². The van der Waals surface area contributed by atoms with Gasteiger partial charge in [0.1, 0.15) is 5.82 Å². The number of anilines is 1. The molecule has 1 unspecified atom stereocenters. The van der Waals surface area contributed by atoms with Crippen LogP contribution in [-0.4, -0.2) is 41.8 Å². The average molecular weight is 276 g/mol. The highest BCUT2D eigenvalue weighted by Gasteiger charge is 2.22. The van der Waals surface area contributed by atoms with Crippen molar-refractivity contribution in [2.45, 2.75) is 51.3 Å². The number of nitrogens with one attached hydrogen (secondary N) is 1. The van der Waals surface area contributed by atoms with Gasteiger partial charge in [-0.05, 0) is 32.6 Å². The molecular weight excluding hydrogens is 252 g/mol. The number of hydrogen-bond donors (Lipinski definition) is 1. The lowest BCUT2D eigenvalue weighted by atomic mass is 10.1. The van der Waals surface area contributed by atoms with Gasteiger partial charge < -0.3 is 15.0 Å². The van der Waals surface area contributed by atoms with E-state index in [0.717, 1.165) is 50.6 Å². The molecule has 1 saturated heterocycles. The fraction of sp³-hybridized carbons (Fsp3) is 0.733. The largest absolute Gasteiger partial charge is 0.377 e. The zero-order valence-corrected chi connectivity index (χ0v) is 12.2. The van der Waals surface area contributed by atoms with E-state index in [1.54, 1.807) is 0 Å². The fourth-order valence-corrected chi connectivity index (χ4v) is 2.66. The summed E-state index contributed by atoms with van der Waals surface area (Å²) in [5.41, 5.74) is 1.03. The van der Waals surface area contributed by atoms with Crippen LogP contribution in [0.15, 0.2) is 12.4 Å². The topological polar surface area (TPSA) is 50.3 Å². The highest BCUT2D eigenvalue weighted by molar-refractivity contribution is 5.36. The van der Waals surface area contributed by atoms with Crippen molar-refractivity contribution >= 4 is 5.82 Å². The summed E-state index contributed by atoms with van der Waals surface area (Å²) in [7, 11) is 0.